The zero-order valence-electron chi connectivity index (χ0n) is 13.0. The summed E-state index contributed by atoms with van der Waals surface area (Å²) >= 11 is 0.443. The first-order valence-corrected chi connectivity index (χ1v) is 9.42. The number of benzene rings is 1. The highest BCUT2D eigenvalue weighted by atomic mass is 32.2. The molecule has 24 heavy (non-hydrogen) atoms. The zero-order valence-corrected chi connectivity index (χ0v) is 14.6. The highest BCUT2D eigenvalue weighted by Crippen LogP contribution is 2.21. The first-order valence-electron chi connectivity index (χ1n) is 6.88. The van der Waals surface area contributed by atoms with Crippen LogP contribution in [0.4, 0.5) is 8.78 Å². The Hall–Kier alpha value is -1.87. The normalized spacial score (nSPS) is 12.2. The van der Waals surface area contributed by atoms with Gasteiger partial charge in [0.1, 0.15) is 11.5 Å². The van der Waals surface area contributed by atoms with Crippen LogP contribution in [-0.2, 0) is 15.8 Å². The molecule has 0 amide bonds. The highest BCUT2D eigenvalue weighted by molar-refractivity contribution is 7.98. The van der Waals surface area contributed by atoms with Gasteiger partial charge in [-0.25, -0.2) is 0 Å². The number of aryl methyl sites for hydroxylation is 2. The van der Waals surface area contributed by atoms with E-state index < -0.39 is 15.8 Å². The summed E-state index contributed by atoms with van der Waals surface area (Å²) in [4.78, 5) is 2.25. The van der Waals surface area contributed by atoms with Gasteiger partial charge >= 0.3 is 0 Å². The molecular formula is C15H16F2N2O3S2. The van der Waals surface area contributed by atoms with Gasteiger partial charge in [0, 0.05) is 0 Å². The van der Waals surface area contributed by atoms with E-state index in [1.807, 2.05) is 6.07 Å². The van der Waals surface area contributed by atoms with E-state index in [9.17, 15) is 17.2 Å². The predicted molar refractivity (Wildman–Crippen MR) is 89.8 cm³/mol. The van der Waals surface area contributed by atoms with Crippen molar-refractivity contribution in [2.45, 2.75) is 30.3 Å². The minimum atomic E-state index is -3.79. The molecule has 0 unspecified atom stereocenters. The summed E-state index contributed by atoms with van der Waals surface area (Å²) in [5, 5.41) is 3.66. The van der Waals surface area contributed by atoms with Crippen LogP contribution in [-0.4, -0.2) is 20.4 Å². The van der Waals surface area contributed by atoms with E-state index in [0.29, 0.717) is 23.1 Å². The fourth-order valence-electron chi connectivity index (χ4n) is 1.89. The predicted octanol–water partition coefficient (Wildman–Crippen LogP) is 3.66. The lowest BCUT2D eigenvalue weighted by Crippen LogP contribution is -2.19. The Balaban J connectivity index is 2.04. The smallest absolute Gasteiger partial charge is 0.284 e. The SMILES string of the molecule is Cc1ccc(C)c(S(=O)(=O)N/N=C\c2ccc(CSC(F)F)o2)c1. The van der Waals surface area contributed by atoms with Crippen LogP contribution >= 0.6 is 11.8 Å². The Morgan fingerprint density at radius 3 is 2.75 bits per heavy atom. The number of rotatable bonds is 7. The molecule has 130 valence electrons. The monoisotopic (exact) mass is 374 g/mol. The minimum absolute atomic E-state index is 0.0275. The Labute approximate surface area is 143 Å². The van der Waals surface area contributed by atoms with Gasteiger partial charge in [-0.3, -0.25) is 0 Å². The third-order valence-electron chi connectivity index (χ3n) is 3.03. The number of alkyl halides is 2. The number of halogens is 2. The van der Waals surface area contributed by atoms with Gasteiger partial charge < -0.3 is 4.42 Å². The van der Waals surface area contributed by atoms with E-state index in [2.05, 4.69) is 9.93 Å². The molecule has 0 fully saturated rings. The Kier molecular flexibility index (Phi) is 6.00. The van der Waals surface area contributed by atoms with E-state index >= 15 is 0 Å². The van der Waals surface area contributed by atoms with E-state index in [1.165, 1.54) is 18.3 Å². The lowest BCUT2D eigenvalue weighted by molar-refractivity contribution is 0.251. The van der Waals surface area contributed by atoms with Gasteiger partial charge in [0.25, 0.3) is 15.8 Å². The number of hydrazone groups is 1. The van der Waals surface area contributed by atoms with Crippen LogP contribution in [0.1, 0.15) is 22.6 Å². The molecule has 1 aromatic carbocycles. The molecule has 1 N–H and O–H groups in total. The van der Waals surface area contributed by atoms with Crippen LogP contribution < -0.4 is 4.83 Å². The molecule has 1 aromatic heterocycles. The first-order chi connectivity index (χ1) is 11.3. The molecule has 0 spiro atoms. The van der Waals surface area contributed by atoms with Crippen molar-refractivity contribution in [1.29, 1.82) is 0 Å². The summed E-state index contributed by atoms with van der Waals surface area (Å²) in [6.07, 6.45) is 1.18. The quantitative estimate of drug-likeness (QED) is 0.593. The third-order valence-corrected chi connectivity index (χ3v) is 5.10. The molecule has 0 aliphatic rings. The fourth-order valence-corrected chi connectivity index (χ4v) is 3.46. The molecular weight excluding hydrogens is 358 g/mol. The van der Waals surface area contributed by atoms with Crippen molar-refractivity contribution in [1.82, 2.24) is 4.83 Å². The van der Waals surface area contributed by atoms with Gasteiger partial charge in [0.15, 0.2) is 0 Å². The van der Waals surface area contributed by atoms with Crippen LogP contribution in [0, 0.1) is 13.8 Å². The van der Waals surface area contributed by atoms with Gasteiger partial charge in [-0.05, 0) is 43.2 Å². The van der Waals surface area contributed by atoms with Crippen molar-refractivity contribution in [3.05, 3.63) is 53.0 Å². The molecule has 0 bridgehead atoms. The van der Waals surface area contributed by atoms with Crippen LogP contribution in [0.15, 0.2) is 44.7 Å². The maximum absolute atomic E-state index is 12.2. The van der Waals surface area contributed by atoms with Crippen LogP contribution in [0.5, 0.6) is 0 Å². The molecule has 2 aromatic rings. The molecule has 5 nitrogen and oxygen atoms in total. The molecule has 0 aliphatic carbocycles. The van der Waals surface area contributed by atoms with Crippen LogP contribution in [0.3, 0.4) is 0 Å². The molecule has 0 aliphatic heterocycles. The van der Waals surface area contributed by atoms with Crippen molar-refractivity contribution >= 4 is 28.0 Å². The molecule has 1 heterocycles. The Morgan fingerprint density at radius 2 is 2.04 bits per heavy atom. The van der Waals surface area contributed by atoms with Crippen LogP contribution in [0.25, 0.3) is 0 Å². The van der Waals surface area contributed by atoms with Gasteiger partial charge in [-0.1, -0.05) is 23.9 Å². The second kappa shape index (κ2) is 7.80. The number of sulfonamides is 1. The summed E-state index contributed by atoms with van der Waals surface area (Å²) in [7, 11) is -3.79. The lowest BCUT2D eigenvalue weighted by Gasteiger charge is -2.07. The van der Waals surface area contributed by atoms with Gasteiger partial charge in [-0.15, -0.1) is 0 Å². The van der Waals surface area contributed by atoms with E-state index in [4.69, 9.17) is 4.42 Å². The summed E-state index contributed by atoms with van der Waals surface area (Å²) in [5.41, 5.74) is 1.42. The Bertz CT molecular complexity index is 833. The third kappa shape index (κ3) is 5.07. The summed E-state index contributed by atoms with van der Waals surface area (Å²) < 4.78 is 53.9. The maximum Gasteiger partial charge on any atom is 0.284 e. The number of hydrogen-bond donors (Lipinski definition) is 1. The lowest BCUT2D eigenvalue weighted by atomic mass is 10.2. The molecule has 0 saturated heterocycles. The van der Waals surface area contributed by atoms with Crippen molar-refractivity contribution in [2.24, 2.45) is 5.10 Å². The summed E-state index contributed by atoms with van der Waals surface area (Å²) in [6.45, 7) is 3.49. The van der Waals surface area contributed by atoms with Crippen molar-refractivity contribution in [2.75, 3.05) is 0 Å². The number of thioether (sulfide) groups is 1. The van der Waals surface area contributed by atoms with E-state index in [-0.39, 0.29) is 16.4 Å². The summed E-state index contributed by atoms with van der Waals surface area (Å²) in [6, 6.07) is 8.15. The number of hydrogen-bond acceptors (Lipinski definition) is 5. The van der Waals surface area contributed by atoms with Gasteiger partial charge in [0.05, 0.1) is 16.9 Å². The molecule has 0 radical (unpaired) electrons. The van der Waals surface area contributed by atoms with E-state index in [0.717, 1.165) is 5.56 Å². The standard InChI is InChI=1S/C15H16F2N2O3S2/c1-10-3-4-11(2)14(7-10)24(20,21)19-18-8-12-5-6-13(22-12)9-23-15(16)17/h3-8,15,19H,9H2,1-2H3/b18-8-. The van der Waals surface area contributed by atoms with Crippen molar-refractivity contribution in [3.8, 4) is 0 Å². The average Bonchev–Trinajstić information content (AvgIpc) is 2.95. The van der Waals surface area contributed by atoms with Gasteiger partial charge in [0.2, 0.25) is 0 Å². The maximum atomic E-state index is 12.2. The molecule has 2 rings (SSSR count). The highest BCUT2D eigenvalue weighted by Gasteiger charge is 2.16. The van der Waals surface area contributed by atoms with Crippen LogP contribution in [0.2, 0.25) is 0 Å². The zero-order chi connectivity index (χ0) is 17.7. The average molecular weight is 374 g/mol. The summed E-state index contributed by atoms with van der Waals surface area (Å²) in [5.74, 6) is -1.82. The number of furan rings is 1. The topological polar surface area (TPSA) is 71.7 Å². The fraction of sp³-hybridized carbons (Fsp3) is 0.267. The van der Waals surface area contributed by atoms with Gasteiger partial charge in [-0.2, -0.15) is 27.1 Å². The number of nitrogens with zero attached hydrogens (tertiary/aromatic N) is 1. The minimum Gasteiger partial charge on any atom is -0.459 e. The van der Waals surface area contributed by atoms with E-state index in [1.54, 1.807) is 26.0 Å². The molecule has 0 atom stereocenters. The second-order valence-corrected chi connectivity index (χ2v) is 7.61. The molecule has 9 heteroatoms. The Morgan fingerprint density at radius 1 is 1.29 bits per heavy atom. The second-order valence-electron chi connectivity index (χ2n) is 5.00. The van der Waals surface area contributed by atoms with Crippen molar-refractivity contribution in [3.63, 3.8) is 0 Å². The van der Waals surface area contributed by atoms with Crippen molar-refractivity contribution < 1.29 is 21.6 Å². The molecule has 0 saturated carbocycles. The number of nitrogens with one attached hydrogen (secondary N) is 1. The largest absolute Gasteiger partial charge is 0.459 e. The first kappa shape index (κ1) is 18.5.